The number of rotatable bonds is 6. The van der Waals surface area contributed by atoms with Gasteiger partial charge in [-0.15, -0.1) is 0 Å². The second-order valence-corrected chi connectivity index (χ2v) is 5.49. The zero-order valence-electron chi connectivity index (χ0n) is 11.2. The summed E-state index contributed by atoms with van der Waals surface area (Å²) < 4.78 is 5.63. The van der Waals surface area contributed by atoms with Gasteiger partial charge in [-0.25, -0.2) is 0 Å². The van der Waals surface area contributed by atoms with E-state index in [0.717, 1.165) is 25.3 Å². The van der Waals surface area contributed by atoms with Crippen molar-refractivity contribution in [2.45, 2.75) is 32.3 Å². The first-order chi connectivity index (χ1) is 8.66. The fourth-order valence-electron chi connectivity index (χ4n) is 2.45. The highest BCUT2D eigenvalue weighted by molar-refractivity contribution is 5.39. The van der Waals surface area contributed by atoms with Crippen LogP contribution in [0.4, 0.5) is 0 Å². The summed E-state index contributed by atoms with van der Waals surface area (Å²) in [5, 5.41) is 13.1. The van der Waals surface area contributed by atoms with E-state index in [1.54, 1.807) is 0 Å². The first kappa shape index (κ1) is 13.4. The van der Waals surface area contributed by atoms with Gasteiger partial charge in [-0.3, -0.25) is 0 Å². The van der Waals surface area contributed by atoms with Crippen LogP contribution in [0, 0.1) is 5.92 Å². The fraction of sp³-hybridized carbons (Fsp3) is 0.600. The molecular formula is C15H23NO2. The number of nitrogens with one attached hydrogen (secondary N) is 1. The van der Waals surface area contributed by atoms with Crippen LogP contribution in [0.15, 0.2) is 24.3 Å². The van der Waals surface area contributed by atoms with E-state index in [4.69, 9.17) is 4.74 Å². The molecule has 0 aliphatic carbocycles. The predicted octanol–water partition coefficient (Wildman–Crippen LogP) is 2.16. The maximum atomic E-state index is 9.80. The largest absolute Gasteiger partial charge is 0.493 e. The molecular weight excluding hydrogens is 226 g/mol. The summed E-state index contributed by atoms with van der Waals surface area (Å²) in [4.78, 5) is 0. The lowest BCUT2D eigenvalue weighted by Gasteiger charge is -2.15. The third-order valence-electron chi connectivity index (χ3n) is 3.31. The number of para-hydroxylation sites is 1. The standard InChI is InChI=1S/C15H23NO2/c1-11(2)7-13(17)9-16-8-12-10-18-15-6-4-3-5-14(12)15/h3-6,11-13,16-17H,7-10H2,1-2H3. The maximum Gasteiger partial charge on any atom is 0.122 e. The van der Waals surface area contributed by atoms with E-state index in [1.807, 2.05) is 18.2 Å². The van der Waals surface area contributed by atoms with Crippen LogP contribution < -0.4 is 10.1 Å². The summed E-state index contributed by atoms with van der Waals surface area (Å²) in [7, 11) is 0. The summed E-state index contributed by atoms with van der Waals surface area (Å²) in [5.74, 6) is 1.96. The number of benzene rings is 1. The second kappa shape index (κ2) is 6.21. The van der Waals surface area contributed by atoms with Crippen LogP contribution >= 0.6 is 0 Å². The number of aliphatic hydroxyl groups is 1. The van der Waals surface area contributed by atoms with Gasteiger partial charge in [-0.1, -0.05) is 32.0 Å². The Labute approximate surface area is 109 Å². The Morgan fingerprint density at radius 1 is 1.39 bits per heavy atom. The van der Waals surface area contributed by atoms with Gasteiger partial charge in [0, 0.05) is 24.6 Å². The molecule has 100 valence electrons. The summed E-state index contributed by atoms with van der Waals surface area (Å²) in [6.45, 7) is 6.53. The lowest BCUT2D eigenvalue weighted by Crippen LogP contribution is -2.31. The molecule has 0 fully saturated rings. The molecule has 2 unspecified atom stereocenters. The van der Waals surface area contributed by atoms with Crippen molar-refractivity contribution in [1.82, 2.24) is 5.32 Å². The van der Waals surface area contributed by atoms with E-state index in [0.29, 0.717) is 18.4 Å². The third-order valence-corrected chi connectivity index (χ3v) is 3.31. The normalized spacial score (nSPS) is 19.7. The first-order valence-corrected chi connectivity index (χ1v) is 6.77. The summed E-state index contributed by atoms with van der Waals surface area (Å²) in [6.07, 6.45) is 0.604. The Hall–Kier alpha value is -1.06. The van der Waals surface area contributed by atoms with Crippen molar-refractivity contribution in [3.05, 3.63) is 29.8 Å². The minimum Gasteiger partial charge on any atom is -0.493 e. The molecule has 1 aliphatic heterocycles. The van der Waals surface area contributed by atoms with Crippen LogP contribution in [0.5, 0.6) is 5.75 Å². The average Bonchev–Trinajstić information content (AvgIpc) is 2.72. The summed E-state index contributed by atoms with van der Waals surface area (Å²) >= 11 is 0. The summed E-state index contributed by atoms with van der Waals surface area (Å²) in [5.41, 5.74) is 1.28. The zero-order chi connectivity index (χ0) is 13.0. The van der Waals surface area contributed by atoms with Crippen LogP contribution in [-0.4, -0.2) is 30.9 Å². The molecule has 0 bridgehead atoms. The van der Waals surface area contributed by atoms with Gasteiger partial charge in [0.1, 0.15) is 5.75 Å². The highest BCUT2D eigenvalue weighted by atomic mass is 16.5. The molecule has 1 aliphatic rings. The quantitative estimate of drug-likeness (QED) is 0.812. The number of aliphatic hydroxyl groups excluding tert-OH is 1. The van der Waals surface area contributed by atoms with E-state index >= 15 is 0 Å². The van der Waals surface area contributed by atoms with Crippen LogP contribution in [0.25, 0.3) is 0 Å². The van der Waals surface area contributed by atoms with Gasteiger partial charge in [-0.2, -0.15) is 0 Å². The van der Waals surface area contributed by atoms with Crippen molar-refractivity contribution in [1.29, 1.82) is 0 Å². The number of hydrogen-bond acceptors (Lipinski definition) is 3. The molecule has 1 heterocycles. The maximum absolute atomic E-state index is 9.80. The minimum atomic E-state index is -0.248. The smallest absolute Gasteiger partial charge is 0.122 e. The molecule has 1 aromatic rings. The van der Waals surface area contributed by atoms with Gasteiger partial charge in [0.05, 0.1) is 12.7 Å². The fourth-order valence-corrected chi connectivity index (χ4v) is 2.45. The average molecular weight is 249 g/mol. The monoisotopic (exact) mass is 249 g/mol. The van der Waals surface area contributed by atoms with Crippen molar-refractivity contribution in [2.24, 2.45) is 5.92 Å². The van der Waals surface area contributed by atoms with Gasteiger partial charge in [0.2, 0.25) is 0 Å². The Balaban J connectivity index is 1.75. The summed E-state index contributed by atoms with van der Waals surface area (Å²) in [6, 6.07) is 8.19. The molecule has 1 aromatic carbocycles. The van der Waals surface area contributed by atoms with Crippen molar-refractivity contribution in [3.8, 4) is 5.75 Å². The molecule has 0 radical (unpaired) electrons. The van der Waals surface area contributed by atoms with Gasteiger partial charge in [-0.05, 0) is 18.4 Å². The van der Waals surface area contributed by atoms with E-state index in [1.165, 1.54) is 5.56 Å². The van der Waals surface area contributed by atoms with E-state index in [9.17, 15) is 5.11 Å². The number of fused-ring (bicyclic) bond motifs is 1. The predicted molar refractivity (Wildman–Crippen MR) is 73.0 cm³/mol. The van der Waals surface area contributed by atoms with Gasteiger partial charge in [0.25, 0.3) is 0 Å². The van der Waals surface area contributed by atoms with Crippen LogP contribution in [0.1, 0.15) is 31.7 Å². The molecule has 3 nitrogen and oxygen atoms in total. The first-order valence-electron chi connectivity index (χ1n) is 6.77. The molecule has 2 rings (SSSR count). The number of hydrogen-bond donors (Lipinski definition) is 2. The van der Waals surface area contributed by atoms with E-state index < -0.39 is 0 Å². The van der Waals surface area contributed by atoms with E-state index in [2.05, 4.69) is 25.2 Å². The highest BCUT2D eigenvalue weighted by Gasteiger charge is 2.23. The molecule has 0 spiro atoms. The van der Waals surface area contributed by atoms with Crippen LogP contribution in [0.2, 0.25) is 0 Å². The van der Waals surface area contributed by atoms with Crippen molar-refractivity contribution >= 4 is 0 Å². The minimum absolute atomic E-state index is 0.248. The van der Waals surface area contributed by atoms with Crippen LogP contribution in [-0.2, 0) is 0 Å². The lowest BCUT2D eigenvalue weighted by molar-refractivity contribution is 0.145. The second-order valence-electron chi connectivity index (χ2n) is 5.49. The van der Waals surface area contributed by atoms with Crippen molar-refractivity contribution < 1.29 is 9.84 Å². The Morgan fingerprint density at radius 2 is 2.17 bits per heavy atom. The molecule has 18 heavy (non-hydrogen) atoms. The Kier molecular flexibility index (Phi) is 4.61. The zero-order valence-corrected chi connectivity index (χ0v) is 11.2. The highest BCUT2D eigenvalue weighted by Crippen LogP contribution is 2.32. The molecule has 0 saturated heterocycles. The molecule has 2 atom stereocenters. The molecule has 2 N–H and O–H groups in total. The number of ether oxygens (including phenoxy) is 1. The lowest BCUT2D eigenvalue weighted by atomic mass is 10.0. The van der Waals surface area contributed by atoms with E-state index in [-0.39, 0.29) is 6.10 Å². The van der Waals surface area contributed by atoms with Crippen LogP contribution in [0.3, 0.4) is 0 Å². The SMILES string of the molecule is CC(C)CC(O)CNCC1COc2ccccc21. The van der Waals surface area contributed by atoms with Crippen molar-refractivity contribution in [2.75, 3.05) is 19.7 Å². The molecule has 3 heteroatoms. The van der Waals surface area contributed by atoms with Gasteiger partial charge < -0.3 is 15.2 Å². The molecule has 0 amide bonds. The van der Waals surface area contributed by atoms with Crippen molar-refractivity contribution in [3.63, 3.8) is 0 Å². The Morgan fingerprint density at radius 3 is 2.94 bits per heavy atom. The molecule has 0 aromatic heterocycles. The van der Waals surface area contributed by atoms with Gasteiger partial charge in [0.15, 0.2) is 0 Å². The Bertz CT molecular complexity index is 379. The topological polar surface area (TPSA) is 41.5 Å². The van der Waals surface area contributed by atoms with Gasteiger partial charge >= 0.3 is 0 Å². The third kappa shape index (κ3) is 3.47. The molecule has 0 saturated carbocycles.